The van der Waals surface area contributed by atoms with Crippen LogP contribution in [-0.2, 0) is 16.0 Å². The lowest BCUT2D eigenvalue weighted by atomic mass is 9.98. The number of hydrogen-bond acceptors (Lipinski definition) is 4. The van der Waals surface area contributed by atoms with Crippen molar-refractivity contribution in [1.29, 1.82) is 0 Å². The van der Waals surface area contributed by atoms with Crippen LogP contribution in [0.1, 0.15) is 24.1 Å². The van der Waals surface area contributed by atoms with Crippen LogP contribution < -0.4 is 5.73 Å². The Bertz CT molecular complexity index is 394. The Hall–Kier alpha value is -0.910. The zero-order valence-corrected chi connectivity index (χ0v) is 12.2. The molecule has 2 atom stereocenters. The third kappa shape index (κ3) is 3.78. The van der Waals surface area contributed by atoms with Gasteiger partial charge in [-0.05, 0) is 30.7 Å². The van der Waals surface area contributed by atoms with Gasteiger partial charge in [-0.2, -0.15) is 0 Å². The molecule has 1 amide bonds. The average Bonchev–Trinajstić information content (AvgIpc) is 2.97. The molecule has 4 nitrogen and oxygen atoms in total. The number of carbonyl (C=O) groups excluding carboxylic acids is 1. The van der Waals surface area contributed by atoms with Crippen molar-refractivity contribution in [1.82, 2.24) is 4.90 Å². The first kappa shape index (κ1) is 14.5. The predicted octanol–water partition coefficient (Wildman–Crippen LogP) is 1.65. The molecule has 0 spiro atoms. The molecule has 0 aliphatic carbocycles. The number of rotatable bonds is 5. The summed E-state index contributed by atoms with van der Waals surface area (Å²) < 4.78 is 5.38. The summed E-state index contributed by atoms with van der Waals surface area (Å²) >= 11 is 1.71. The van der Waals surface area contributed by atoms with Gasteiger partial charge >= 0.3 is 0 Å². The van der Waals surface area contributed by atoms with E-state index in [2.05, 4.69) is 6.07 Å². The van der Waals surface area contributed by atoms with Crippen molar-refractivity contribution in [3.8, 4) is 0 Å². The van der Waals surface area contributed by atoms with Crippen molar-refractivity contribution < 1.29 is 9.53 Å². The molecular formula is C14H22N2O2S. The van der Waals surface area contributed by atoms with Crippen LogP contribution in [0.4, 0.5) is 0 Å². The first-order chi connectivity index (χ1) is 9.24. The van der Waals surface area contributed by atoms with Gasteiger partial charge in [0, 0.05) is 37.5 Å². The number of hydrogen-bond donors (Lipinski definition) is 1. The van der Waals surface area contributed by atoms with Crippen molar-refractivity contribution in [2.45, 2.75) is 37.8 Å². The van der Waals surface area contributed by atoms with Crippen LogP contribution in [-0.4, -0.2) is 43.2 Å². The maximum absolute atomic E-state index is 12.3. The maximum atomic E-state index is 12.3. The van der Waals surface area contributed by atoms with E-state index in [1.807, 2.05) is 16.3 Å². The summed E-state index contributed by atoms with van der Waals surface area (Å²) in [6, 6.07) is 4.24. The number of nitrogens with zero attached hydrogens (tertiary/aromatic N) is 1. The molecule has 1 aromatic heterocycles. The molecule has 1 saturated heterocycles. The van der Waals surface area contributed by atoms with Gasteiger partial charge in [0.25, 0.3) is 0 Å². The van der Waals surface area contributed by atoms with Gasteiger partial charge in [0.1, 0.15) is 0 Å². The van der Waals surface area contributed by atoms with E-state index in [0.717, 1.165) is 25.8 Å². The van der Waals surface area contributed by atoms with Crippen LogP contribution in [0.15, 0.2) is 17.5 Å². The second kappa shape index (κ2) is 7.03. The predicted molar refractivity (Wildman–Crippen MR) is 77.2 cm³/mol. The molecule has 1 aromatic rings. The van der Waals surface area contributed by atoms with Crippen molar-refractivity contribution in [3.63, 3.8) is 0 Å². The van der Waals surface area contributed by atoms with Crippen LogP contribution >= 0.6 is 11.3 Å². The fraction of sp³-hybridized carbons (Fsp3) is 0.643. The quantitative estimate of drug-likeness (QED) is 0.893. The fourth-order valence-electron chi connectivity index (χ4n) is 2.61. The zero-order valence-electron chi connectivity index (χ0n) is 11.4. The van der Waals surface area contributed by atoms with Gasteiger partial charge in [0.15, 0.2) is 0 Å². The number of aryl methyl sites for hydroxylation is 1. The molecule has 0 saturated carbocycles. The molecule has 19 heavy (non-hydrogen) atoms. The van der Waals surface area contributed by atoms with Crippen molar-refractivity contribution >= 4 is 17.2 Å². The van der Waals surface area contributed by atoms with Crippen molar-refractivity contribution in [3.05, 3.63) is 22.4 Å². The highest BCUT2D eigenvalue weighted by molar-refractivity contribution is 7.09. The number of ether oxygens (including phenoxy) is 1. The molecule has 1 aliphatic rings. The number of methoxy groups -OCH3 is 1. The first-order valence-corrected chi connectivity index (χ1v) is 7.67. The molecule has 106 valence electrons. The van der Waals surface area contributed by atoms with Crippen LogP contribution in [0.25, 0.3) is 0 Å². The standard InChI is InChI=1S/C14H22N2O2S/c1-18-12-6-7-16(11(9-12)10-15)14(17)5-4-13-3-2-8-19-13/h2-3,8,11-12H,4-7,9-10,15H2,1H3/t11-,12-/m1/s1. The number of piperidine rings is 1. The summed E-state index contributed by atoms with van der Waals surface area (Å²) in [6.45, 7) is 1.29. The summed E-state index contributed by atoms with van der Waals surface area (Å²) in [5.41, 5.74) is 5.79. The van der Waals surface area contributed by atoms with E-state index in [4.69, 9.17) is 10.5 Å². The van der Waals surface area contributed by atoms with E-state index in [0.29, 0.717) is 13.0 Å². The highest BCUT2D eigenvalue weighted by Crippen LogP contribution is 2.21. The Morgan fingerprint density at radius 3 is 3.11 bits per heavy atom. The lowest BCUT2D eigenvalue weighted by Crippen LogP contribution is -2.51. The fourth-order valence-corrected chi connectivity index (χ4v) is 3.32. The highest BCUT2D eigenvalue weighted by Gasteiger charge is 2.30. The van der Waals surface area contributed by atoms with Gasteiger partial charge in [-0.25, -0.2) is 0 Å². The number of likely N-dealkylation sites (tertiary alicyclic amines) is 1. The first-order valence-electron chi connectivity index (χ1n) is 6.79. The minimum atomic E-state index is 0.134. The lowest BCUT2D eigenvalue weighted by Gasteiger charge is -2.38. The summed E-state index contributed by atoms with van der Waals surface area (Å²) in [5, 5.41) is 2.05. The monoisotopic (exact) mass is 282 g/mol. The average molecular weight is 282 g/mol. The van der Waals surface area contributed by atoms with Gasteiger partial charge in [-0.3, -0.25) is 4.79 Å². The lowest BCUT2D eigenvalue weighted by molar-refractivity contribution is -0.136. The van der Waals surface area contributed by atoms with Crippen molar-refractivity contribution in [2.24, 2.45) is 5.73 Å². The molecule has 5 heteroatoms. The second-order valence-corrected chi connectivity index (χ2v) is 5.97. The Balaban J connectivity index is 1.87. The Kier molecular flexibility index (Phi) is 5.36. The number of carbonyl (C=O) groups is 1. The van der Waals surface area contributed by atoms with Crippen LogP contribution in [0, 0.1) is 0 Å². The summed E-state index contributed by atoms with van der Waals surface area (Å²) in [5.74, 6) is 0.221. The van der Waals surface area contributed by atoms with E-state index in [1.54, 1.807) is 18.4 Å². The van der Waals surface area contributed by atoms with Crippen LogP contribution in [0.3, 0.4) is 0 Å². The molecule has 0 unspecified atom stereocenters. The molecule has 1 aliphatic heterocycles. The topological polar surface area (TPSA) is 55.6 Å². The molecule has 0 aromatic carbocycles. The van der Waals surface area contributed by atoms with E-state index in [-0.39, 0.29) is 18.1 Å². The smallest absolute Gasteiger partial charge is 0.223 e. The number of thiophene rings is 1. The van der Waals surface area contributed by atoms with Gasteiger partial charge in [0.05, 0.1) is 6.10 Å². The molecule has 0 bridgehead atoms. The van der Waals surface area contributed by atoms with Crippen molar-refractivity contribution in [2.75, 3.05) is 20.2 Å². The minimum absolute atomic E-state index is 0.134. The number of amides is 1. The van der Waals surface area contributed by atoms with Gasteiger partial charge in [-0.1, -0.05) is 6.07 Å². The third-order valence-corrected chi connectivity index (χ3v) is 4.70. The summed E-state index contributed by atoms with van der Waals surface area (Å²) in [6.07, 6.45) is 3.43. The van der Waals surface area contributed by atoms with Gasteiger partial charge in [0.2, 0.25) is 5.91 Å². The SMILES string of the molecule is CO[C@@H]1CCN(C(=O)CCc2cccs2)[C@@H](CN)C1. The summed E-state index contributed by atoms with van der Waals surface area (Å²) in [7, 11) is 1.73. The molecule has 2 heterocycles. The minimum Gasteiger partial charge on any atom is -0.381 e. The molecule has 2 rings (SSSR count). The van der Waals surface area contributed by atoms with E-state index < -0.39 is 0 Å². The van der Waals surface area contributed by atoms with E-state index in [9.17, 15) is 4.79 Å². The molecule has 2 N–H and O–H groups in total. The normalized spacial score (nSPS) is 23.6. The highest BCUT2D eigenvalue weighted by atomic mass is 32.1. The van der Waals surface area contributed by atoms with Gasteiger partial charge in [-0.15, -0.1) is 11.3 Å². The maximum Gasteiger partial charge on any atom is 0.223 e. The molecule has 0 radical (unpaired) electrons. The van der Waals surface area contributed by atoms with E-state index >= 15 is 0 Å². The Morgan fingerprint density at radius 1 is 1.63 bits per heavy atom. The Labute approximate surface area is 118 Å². The van der Waals surface area contributed by atoms with Crippen LogP contribution in [0.5, 0.6) is 0 Å². The Morgan fingerprint density at radius 2 is 2.47 bits per heavy atom. The van der Waals surface area contributed by atoms with E-state index in [1.165, 1.54) is 4.88 Å². The number of nitrogens with two attached hydrogens (primary N) is 1. The molecule has 1 fully saturated rings. The third-order valence-electron chi connectivity index (χ3n) is 3.76. The summed E-state index contributed by atoms with van der Waals surface area (Å²) in [4.78, 5) is 15.5. The molecular weight excluding hydrogens is 260 g/mol. The van der Waals surface area contributed by atoms with Crippen LogP contribution in [0.2, 0.25) is 0 Å². The largest absolute Gasteiger partial charge is 0.381 e. The van der Waals surface area contributed by atoms with Gasteiger partial charge < -0.3 is 15.4 Å². The second-order valence-electron chi connectivity index (χ2n) is 4.94. The zero-order chi connectivity index (χ0) is 13.7.